The molecule has 11 heavy (non-hydrogen) atoms. The second kappa shape index (κ2) is 5.03. The van der Waals surface area contributed by atoms with Crippen molar-refractivity contribution in [2.45, 2.75) is 32.4 Å². The molecule has 5 nitrogen and oxygen atoms in total. The van der Waals surface area contributed by atoms with Crippen molar-refractivity contribution < 1.29 is 9.76 Å². The number of nitrogens with one attached hydrogen (secondary N) is 1. The molecule has 0 spiro atoms. The van der Waals surface area contributed by atoms with Crippen LogP contribution in [0, 0.1) is 10.1 Å². The maximum absolute atomic E-state index is 10.4. The summed E-state index contributed by atoms with van der Waals surface area (Å²) in [6.45, 7) is 3.50. The summed E-state index contributed by atoms with van der Waals surface area (Å²) in [6, 6.07) is -0.824. The summed E-state index contributed by atoms with van der Waals surface area (Å²) >= 11 is 0. The molecule has 0 amide bonds. The molecule has 5 heteroatoms. The number of nitro groups is 1. The minimum atomic E-state index is -0.574. The molecule has 2 unspecified atom stereocenters. The smallest absolute Gasteiger partial charge is 0.229 e. The average Bonchev–Trinajstić information content (AvgIpc) is 1.88. The number of nitrogens with zero attached hydrogens (tertiary/aromatic N) is 1. The standard InChI is InChI=1S/C6H14N2O3/c1-4-6(8(9)10)5(2)7-11-3/h5-7H,4H2,1-3H3. The number of hydroxylamine groups is 1. The highest BCUT2D eigenvalue weighted by molar-refractivity contribution is 4.65. The summed E-state index contributed by atoms with van der Waals surface area (Å²) < 4.78 is 0. The van der Waals surface area contributed by atoms with Crippen molar-refractivity contribution in [1.29, 1.82) is 0 Å². The van der Waals surface area contributed by atoms with Crippen LogP contribution >= 0.6 is 0 Å². The van der Waals surface area contributed by atoms with Crippen molar-refractivity contribution in [3.05, 3.63) is 10.1 Å². The summed E-state index contributed by atoms with van der Waals surface area (Å²) in [5.74, 6) is 0. The van der Waals surface area contributed by atoms with Crippen molar-refractivity contribution in [3.8, 4) is 0 Å². The molecular weight excluding hydrogens is 148 g/mol. The molecule has 0 aliphatic rings. The Labute approximate surface area is 65.8 Å². The van der Waals surface area contributed by atoms with Crippen molar-refractivity contribution in [1.82, 2.24) is 5.48 Å². The molecule has 0 radical (unpaired) electrons. The maximum Gasteiger partial charge on any atom is 0.229 e. The molecule has 0 aromatic rings. The lowest BCUT2D eigenvalue weighted by Gasteiger charge is -2.14. The highest BCUT2D eigenvalue weighted by Crippen LogP contribution is 2.01. The molecule has 0 saturated carbocycles. The lowest BCUT2D eigenvalue weighted by Crippen LogP contribution is -2.41. The van der Waals surface area contributed by atoms with E-state index in [1.54, 1.807) is 13.8 Å². The summed E-state index contributed by atoms with van der Waals surface area (Å²) in [5, 5.41) is 10.4. The molecule has 0 aliphatic heterocycles. The van der Waals surface area contributed by atoms with Crippen molar-refractivity contribution in [3.63, 3.8) is 0 Å². The lowest BCUT2D eigenvalue weighted by atomic mass is 10.1. The van der Waals surface area contributed by atoms with Crippen LogP contribution in [0.3, 0.4) is 0 Å². The van der Waals surface area contributed by atoms with Crippen LogP contribution in [0.1, 0.15) is 20.3 Å². The quantitative estimate of drug-likeness (QED) is 0.474. The molecule has 0 aliphatic carbocycles. The van der Waals surface area contributed by atoms with Crippen LogP contribution in [0.2, 0.25) is 0 Å². The molecule has 66 valence electrons. The van der Waals surface area contributed by atoms with Gasteiger partial charge in [0.05, 0.1) is 13.2 Å². The van der Waals surface area contributed by atoms with Crippen LogP contribution in [0.15, 0.2) is 0 Å². The number of rotatable bonds is 5. The van der Waals surface area contributed by atoms with Crippen LogP contribution in [0.25, 0.3) is 0 Å². The minimum Gasteiger partial charge on any atom is -0.305 e. The molecule has 0 rings (SSSR count). The molecule has 0 heterocycles. The zero-order valence-corrected chi connectivity index (χ0v) is 7.03. The third-order valence-corrected chi connectivity index (χ3v) is 1.57. The summed E-state index contributed by atoms with van der Waals surface area (Å²) in [4.78, 5) is 14.6. The van der Waals surface area contributed by atoms with Gasteiger partial charge in [0.15, 0.2) is 0 Å². The van der Waals surface area contributed by atoms with E-state index in [2.05, 4.69) is 10.3 Å². The zero-order valence-electron chi connectivity index (χ0n) is 7.03. The monoisotopic (exact) mass is 162 g/mol. The van der Waals surface area contributed by atoms with Gasteiger partial charge in [0, 0.05) is 11.3 Å². The lowest BCUT2D eigenvalue weighted by molar-refractivity contribution is -0.528. The van der Waals surface area contributed by atoms with Gasteiger partial charge in [-0.05, 0) is 6.92 Å². The van der Waals surface area contributed by atoms with E-state index < -0.39 is 6.04 Å². The molecule has 0 aromatic carbocycles. The normalized spacial score (nSPS) is 15.9. The van der Waals surface area contributed by atoms with Crippen LogP contribution in [0.4, 0.5) is 0 Å². The molecule has 0 aromatic heterocycles. The van der Waals surface area contributed by atoms with E-state index >= 15 is 0 Å². The zero-order chi connectivity index (χ0) is 8.85. The van der Waals surface area contributed by atoms with Gasteiger partial charge >= 0.3 is 0 Å². The second-order valence-corrected chi connectivity index (χ2v) is 2.37. The van der Waals surface area contributed by atoms with Gasteiger partial charge in [0.1, 0.15) is 0 Å². The molecule has 0 bridgehead atoms. The Hall–Kier alpha value is -0.680. The van der Waals surface area contributed by atoms with E-state index in [-0.39, 0.29) is 11.0 Å². The first kappa shape index (κ1) is 10.3. The van der Waals surface area contributed by atoms with Crippen LogP contribution < -0.4 is 5.48 Å². The van der Waals surface area contributed by atoms with Crippen LogP contribution in [0.5, 0.6) is 0 Å². The fraction of sp³-hybridized carbons (Fsp3) is 1.00. The van der Waals surface area contributed by atoms with Crippen molar-refractivity contribution in [2.75, 3.05) is 7.11 Å². The van der Waals surface area contributed by atoms with E-state index in [4.69, 9.17) is 0 Å². The predicted octanol–water partition coefficient (Wildman–Crippen LogP) is 0.581. The minimum absolute atomic E-state index is 0.250. The van der Waals surface area contributed by atoms with Gasteiger partial charge in [-0.25, -0.2) is 0 Å². The van der Waals surface area contributed by atoms with Gasteiger partial charge in [-0.2, -0.15) is 5.48 Å². The Morgan fingerprint density at radius 3 is 2.55 bits per heavy atom. The maximum atomic E-state index is 10.4. The predicted molar refractivity (Wildman–Crippen MR) is 40.7 cm³/mol. The van der Waals surface area contributed by atoms with E-state index in [1.165, 1.54) is 7.11 Å². The second-order valence-electron chi connectivity index (χ2n) is 2.37. The van der Waals surface area contributed by atoms with E-state index in [9.17, 15) is 10.1 Å². The van der Waals surface area contributed by atoms with E-state index in [0.29, 0.717) is 6.42 Å². The SMILES string of the molecule is CCC(C(C)NOC)[N+](=O)[O-]. The molecule has 1 N–H and O–H groups in total. The Bertz CT molecular complexity index is 129. The van der Waals surface area contributed by atoms with Crippen LogP contribution in [-0.4, -0.2) is 24.1 Å². The van der Waals surface area contributed by atoms with Gasteiger partial charge in [0.2, 0.25) is 6.04 Å². The molecular formula is C6H14N2O3. The highest BCUT2D eigenvalue weighted by atomic mass is 16.6. The first-order chi connectivity index (χ1) is 5.13. The fourth-order valence-corrected chi connectivity index (χ4v) is 0.950. The van der Waals surface area contributed by atoms with Crippen molar-refractivity contribution >= 4 is 0 Å². The number of hydrogen-bond acceptors (Lipinski definition) is 4. The first-order valence-electron chi connectivity index (χ1n) is 3.55. The van der Waals surface area contributed by atoms with E-state index in [1.807, 2.05) is 0 Å². The molecule has 0 saturated heterocycles. The Morgan fingerprint density at radius 1 is 1.73 bits per heavy atom. The average molecular weight is 162 g/mol. The number of hydrogen-bond donors (Lipinski definition) is 1. The van der Waals surface area contributed by atoms with Crippen molar-refractivity contribution in [2.24, 2.45) is 0 Å². The van der Waals surface area contributed by atoms with Gasteiger partial charge in [0.25, 0.3) is 0 Å². The third-order valence-electron chi connectivity index (χ3n) is 1.57. The Morgan fingerprint density at radius 2 is 2.27 bits per heavy atom. The summed E-state index contributed by atoms with van der Waals surface area (Å²) in [6.07, 6.45) is 0.504. The van der Waals surface area contributed by atoms with Gasteiger partial charge in [-0.3, -0.25) is 10.1 Å². The Kier molecular flexibility index (Phi) is 4.72. The van der Waals surface area contributed by atoms with Gasteiger partial charge < -0.3 is 4.84 Å². The van der Waals surface area contributed by atoms with Gasteiger partial charge in [-0.15, -0.1) is 0 Å². The first-order valence-corrected chi connectivity index (χ1v) is 3.55. The summed E-state index contributed by atoms with van der Waals surface area (Å²) in [7, 11) is 1.45. The molecule has 2 atom stereocenters. The van der Waals surface area contributed by atoms with Gasteiger partial charge in [-0.1, -0.05) is 6.92 Å². The summed E-state index contributed by atoms with van der Waals surface area (Å²) in [5.41, 5.74) is 2.54. The third kappa shape index (κ3) is 3.29. The Balaban J connectivity index is 3.91. The van der Waals surface area contributed by atoms with E-state index in [0.717, 1.165) is 0 Å². The molecule has 0 fully saturated rings. The topological polar surface area (TPSA) is 64.4 Å². The fourth-order valence-electron chi connectivity index (χ4n) is 0.950. The largest absolute Gasteiger partial charge is 0.305 e. The highest BCUT2D eigenvalue weighted by Gasteiger charge is 2.25. The van der Waals surface area contributed by atoms with Crippen LogP contribution in [-0.2, 0) is 4.84 Å².